The van der Waals surface area contributed by atoms with Crippen molar-refractivity contribution in [3.63, 3.8) is 0 Å². The number of carboxylic acid groups (broad SMARTS) is 1. The van der Waals surface area contributed by atoms with Crippen LogP contribution in [-0.2, 0) is 4.79 Å². The summed E-state index contributed by atoms with van der Waals surface area (Å²) < 4.78 is 0. The maximum absolute atomic E-state index is 11.6. The third-order valence-electron chi connectivity index (χ3n) is 1.75. The summed E-state index contributed by atoms with van der Waals surface area (Å²) in [7, 11) is 0. The third kappa shape index (κ3) is 3.52. The van der Waals surface area contributed by atoms with Crippen LogP contribution in [0.25, 0.3) is 0 Å². The van der Waals surface area contributed by atoms with E-state index in [1.807, 2.05) is 0 Å². The molecule has 0 fully saturated rings. The molecule has 0 saturated heterocycles. The van der Waals surface area contributed by atoms with Crippen molar-refractivity contribution in [1.29, 1.82) is 0 Å². The number of aliphatic carboxylic acids is 1. The van der Waals surface area contributed by atoms with E-state index in [-0.39, 0.29) is 15.9 Å². The minimum Gasteiger partial charge on any atom is -0.480 e. The Morgan fingerprint density at radius 1 is 1.41 bits per heavy atom. The molecule has 7 nitrogen and oxygen atoms in total. The summed E-state index contributed by atoms with van der Waals surface area (Å²) in [4.78, 5) is 22.2. The molecule has 0 bridgehead atoms. The standard InChI is InChI=1S/C8H7Cl2N3O4/c9-5-1-3(6(10)13-12-5)7(15)11-4(2-14)8(16)17/h1,4,14H,2H2,(H,11,15)(H,16,17). The van der Waals surface area contributed by atoms with Gasteiger partial charge in [0.2, 0.25) is 0 Å². The first-order valence-corrected chi connectivity index (χ1v) is 5.04. The average molecular weight is 280 g/mol. The molecule has 17 heavy (non-hydrogen) atoms. The molecule has 0 spiro atoms. The molecule has 1 amide bonds. The van der Waals surface area contributed by atoms with Crippen molar-refractivity contribution in [2.45, 2.75) is 6.04 Å². The van der Waals surface area contributed by atoms with E-state index in [0.717, 1.165) is 6.07 Å². The van der Waals surface area contributed by atoms with E-state index in [1.165, 1.54) is 0 Å². The first-order chi connectivity index (χ1) is 7.95. The number of aromatic nitrogens is 2. The molecule has 0 saturated carbocycles. The highest BCUT2D eigenvalue weighted by Gasteiger charge is 2.21. The molecule has 1 aromatic rings. The highest BCUT2D eigenvalue weighted by Crippen LogP contribution is 2.15. The van der Waals surface area contributed by atoms with Gasteiger partial charge in [-0.2, -0.15) is 0 Å². The molecule has 0 aliphatic heterocycles. The van der Waals surface area contributed by atoms with E-state index >= 15 is 0 Å². The Balaban J connectivity index is 2.89. The summed E-state index contributed by atoms with van der Waals surface area (Å²) in [5.74, 6) is -2.18. The van der Waals surface area contributed by atoms with Crippen molar-refractivity contribution in [3.05, 3.63) is 21.9 Å². The van der Waals surface area contributed by atoms with Crippen LogP contribution in [0.4, 0.5) is 0 Å². The number of carbonyl (C=O) groups is 2. The number of halogens is 2. The van der Waals surface area contributed by atoms with Crippen molar-refractivity contribution in [2.75, 3.05) is 6.61 Å². The fourth-order valence-electron chi connectivity index (χ4n) is 0.934. The van der Waals surface area contributed by atoms with Crippen LogP contribution < -0.4 is 5.32 Å². The van der Waals surface area contributed by atoms with E-state index in [4.69, 9.17) is 33.4 Å². The van der Waals surface area contributed by atoms with Crippen molar-refractivity contribution >= 4 is 35.1 Å². The molecular weight excluding hydrogens is 273 g/mol. The average Bonchev–Trinajstić information content (AvgIpc) is 2.28. The predicted molar refractivity (Wildman–Crippen MR) is 58.0 cm³/mol. The number of hydrogen-bond donors (Lipinski definition) is 3. The van der Waals surface area contributed by atoms with Crippen LogP contribution in [0.3, 0.4) is 0 Å². The van der Waals surface area contributed by atoms with Crippen LogP contribution in [0, 0.1) is 0 Å². The van der Waals surface area contributed by atoms with E-state index in [1.54, 1.807) is 0 Å². The highest BCUT2D eigenvalue weighted by atomic mass is 35.5. The molecule has 1 rings (SSSR count). The smallest absolute Gasteiger partial charge is 0.328 e. The Hall–Kier alpha value is -1.44. The molecule has 92 valence electrons. The van der Waals surface area contributed by atoms with Gasteiger partial charge in [0.15, 0.2) is 16.3 Å². The fraction of sp³-hybridized carbons (Fsp3) is 0.250. The second-order valence-corrected chi connectivity index (χ2v) is 3.66. The summed E-state index contributed by atoms with van der Waals surface area (Å²) in [6.45, 7) is -0.745. The summed E-state index contributed by atoms with van der Waals surface area (Å²) in [6.07, 6.45) is 0. The third-order valence-corrected chi connectivity index (χ3v) is 2.21. The maximum atomic E-state index is 11.6. The molecule has 0 aromatic carbocycles. The van der Waals surface area contributed by atoms with Crippen molar-refractivity contribution < 1.29 is 19.8 Å². The van der Waals surface area contributed by atoms with Gasteiger partial charge in [0, 0.05) is 0 Å². The number of aliphatic hydroxyl groups is 1. The van der Waals surface area contributed by atoms with Gasteiger partial charge in [-0.15, -0.1) is 10.2 Å². The minimum atomic E-state index is -1.43. The zero-order chi connectivity index (χ0) is 13.0. The quantitative estimate of drug-likeness (QED) is 0.713. The predicted octanol–water partition coefficient (Wildman–Crippen LogP) is -0.0413. The molecule has 9 heteroatoms. The molecule has 1 heterocycles. The SMILES string of the molecule is O=C(NC(CO)C(=O)O)c1cc(Cl)nnc1Cl. The second-order valence-electron chi connectivity index (χ2n) is 2.92. The number of aliphatic hydroxyl groups excluding tert-OH is 1. The van der Waals surface area contributed by atoms with Gasteiger partial charge in [-0.05, 0) is 6.07 Å². The number of hydrogen-bond acceptors (Lipinski definition) is 5. The maximum Gasteiger partial charge on any atom is 0.328 e. The van der Waals surface area contributed by atoms with Crippen LogP contribution >= 0.6 is 23.2 Å². The first-order valence-electron chi connectivity index (χ1n) is 4.29. The first kappa shape index (κ1) is 13.6. The topological polar surface area (TPSA) is 112 Å². The number of nitrogens with zero attached hydrogens (tertiary/aromatic N) is 2. The largest absolute Gasteiger partial charge is 0.480 e. The zero-order valence-corrected chi connectivity index (χ0v) is 9.73. The highest BCUT2D eigenvalue weighted by molar-refractivity contribution is 6.34. The van der Waals surface area contributed by atoms with Gasteiger partial charge < -0.3 is 15.5 Å². The lowest BCUT2D eigenvalue weighted by Gasteiger charge is -2.11. The zero-order valence-electron chi connectivity index (χ0n) is 8.22. The Morgan fingerprint density at radius 2 is 2.06 bits per heavy atom. The molecular formula is C8H7Cl2N3O4. The number of rotatable bonds is 4. The normalized spacial score (nSPS) is 11.9. The van der Waals surface area contributed by atoms with Crippen LogP contribution in [0.2, 0.25) is 10.3 Å². The van der Waals surface area contributed by atoms with Gasteiger partial charge >= 0.3 is 5.97 Å². The Bertz CT molecular complexity index is 454. The van der Waals surface area contributed by atoms with Gasteiger partial charge in [0.25, 0.3) is 5.91 Å². The van der Waals surface area contributed by atoms with Gasteiger partial charge in [-0.1, -0.05) is 23.2 Å². The molecule has 3 N–H and O–H groups in total. The second kappa shape index (κ2) is 5.76. The molecule has 1 aromatic heterocycles. The number of nitrogens with one attached hydrogen (secondary N) is 1. The van der Waals surface area contributed by atoms with Crippen molar-refractivity contribution in [3.8, 4) is 0 Å². The molecule has 1 atom stereocenters. The van der Waals surface area contributed by atoms with Crippen LogP contribution in [0.15, 0.2) is 6.07 Å². The summed E-state index contributed by atoms with van der Waals surface area (Å²) >= 11 is 11.1. The van der Waals surface area contributed by atoms with Crippen molar-refractivity contribution in [2.24, 2.45) is 0 Å². The summed E-state index contributed by atoms with van der Waals surface area (Å²) in [5.41, 5.74) is -0.119. The number of carboxylic acids is 1. The molecule has 0 radical (unpaired) electrons. The number of carbonyl (C=O) groups excluding carboxylic acids is 1. The molecule has 0 aliphatic rings. The monoisotopic (exact) mass is 279 g/mol. The van der Waals surface area contributed by atoms with Gasteiger partial charge in [0.1, 0.15) is 0 Å². The van der Waals surface area contributed by atoms with Gasteiger partial charge in [0.05, 0.1) is 12.2 Å². The number of amides is 1. The minimum absolute atomic E-state index is 0.0598. The van der Waals surface area contributed by atoms with Crippen LogP contribution in [0.5, 0.6) is 0 Å². The van der Waals surface area contributed by atoms with Crippen LogP contribution in [-0.4, -0.2) is 44.9 Å². The molecule has 0 aliphatic carbocycles. The lowest BCUT2D eigenvalue weighted by molar-refractivity contribution is -0.140. The van der Waals surface area contributed by atoms with Crippen LogP contribution in [0.1, 0.15) is 10.4 Å². The van der Waals surface area contributed by atoms with Crippen molar-refractivity contribution in [1.82, 2.24) is 15.5 Å². The van der Waals surface area contributed by atoms with E-state index in [9.17, 15) is 9.59 Å². The fourth-order valence-corrected chi connectivity index (χ4v) is 1.26. The molecule has 1 unspecified atom stereocenters. The van der Waals surface area contributed by atoms with Gasteiger partial charge in [-0.3, -0.25) is 4.79 Å². The Morgan fingerprint density at radius 3 is 2.59 bits per heavy atom. The Labute approximate surface area is 105 Å². The van der Waals surface area contributed by atoms with E-state index in [0.29, 0.717) is 0 Å². The van der Waals surface area contributed by atoms with E-state index in [2.05, 4.69) is 15.5 Å². The summed E-state index contributed by atoms with van der Waals surface area (Å²) in [6, 6.07) is -0.284. The van der Waals surface area contributed by atoms with Gasteiger partial charge in [-0.25, -0.2) is 4.79 Å². The lowest BCUT2D eigenvalue weighted by Crippen LogP contribution is -2.43. The van der Waals surface area contributed by atoms with E-state index < -0.39 is 24.5 Å². The lowest BCUT2D eigenvalue weighted by atomic mass is 10.2. The Kier molecular flexibility index (Phi) is 4.62. The summed E-state index contributed by atoms with van der Waals surface area (Å²) in [5, 5.41) is 25.9.